The second-order valence-electron chi connectivity index (χ2n) is 6.58. The quantitative estimate of drug-likeness (QED) is 0.798. The Hall–Kier alpha value is -0.570. The Morgan fingerprint density at radius 2 is 1.58 bits per heavy atom. The number of hydrogen-bond acceptors (Lipinski definition) is 2. The van der Waals surface area contributed by atoms with Crippen molar-refractivity contribution in [2.45, 2.75) is 82.7 Å². The van der Waals surface area contributed by atoms with Gasteiger partial charge in [-0.3, -0.25) is 4.79 Å². The van der Waals surface area contributed by atoms with Gasteiger partial charge in [0.15, 0.2) is 0 Å². The van der Waals surface area contributed by atoms with Gasteiger partial charge in [-0.1, -0.05) is 38.5 Å². The fraction of sp³-hybridized carbons (Fsp3) is 0.938. The van der Waals surface area contributed by atoms with E-state index in [1.54, 1.807) is 0 Å². The largest absolute Gasteiger partial charge is 0.341 e. The molecule has 110 valence electrons. The van der Waals surface area contributed by atoms with Gasteiger partial charge in [0.2, 0.25) is 5.91 Å². The highest BCUT2D eigenvalue weighted by molar-refractivity contribution is 5.76. The lowest BCUT2D eigenvalue weighted by atomic mass is 9.89. The first-order chi connectivity index (χ1) is 9.18. The summed E-state index contributed by atoms with van der Waals surface area (Å²) in [6.07, 6.45) is 13.2. The van der Waals surface area contributed by atoms with Gasteiger partial charge in [0.05, 0.1) is 0 Å². The molecule has 0 aliphatic heterocycles. The molecule has 0 aromatic heterocycles. The van der Waals surface area contributed by atoms with Crippen molar-refractivity contribution in [3.8, 4) is 0 Å². The van der Waals surface area contributed by atoms with E-state index in [2.05, 4.69) is 0 Å². The van der Waals surface area contributed by atoms with Gasteiger partial charge in [0, 0.05) is 25.6 Å². The van der Waals surface area contributed by atoms with E-state index in [-0.39, 0.29) is 12.1 Å². The third-order valence-electron chi connectivity index (χ3n) is 5.11. The first-order valence-electron chi connectivity index (χ1n) is 8.19. The molecule has 0 heterocycles. The average molecular weight is 266 g/mol. The highest BCUT2D eigenvalue weighted by atomic mass is 16.2. The SMILES string of the molecule is CN(C(=O)CC1CCCCCC1)C1CCCCC1N. The van der Waals surface area contributed by atoms with Gasteiger partial charge in [-0.15, -0.1) is 0 Å². The molecule has 2 rings (SSSR count). The summed E-state index contributed by atoms with van der Waals surface area (Å²) >= 11 is 0. The number of amides is 1. The number of carbonyl (C=O) groups is 1. The van der Waals surface area contributed by atoms with E-state index in [1.807, 2.05) is 11.9 Å². The summed E-state index contributed by atoms with van der Waals surface area (Å²) in [4.78, 5) is 14.4. The molecular formula is C16H30N2O. The normalized spacial score (nSPS) is 29.8. The lowest BCUT2D eigenvalue weighted by molar-refractivity contribution is -0.134. The van der Waals surface area contributed by atoms with Crippen molar-refractivity contribution in [3.63, 3.8) is 0 Å². The Kier molecular flexibility index (Phi) is 5.68. The standard InChI is InChI=1S/C16H30N2O/c1-18(15-11-7-6-10-14(15)17)16(19)12-13-8-4-2-3-5-9-13/h13-15H,2-12,17H2,1H3. The third-order valence-corrected chi connectivity index (χ3v) is 5.11. The zero-order chi connectivity index (χ0) is 13.7. The predicted molar refractivity (Wildman–Crippen MR) is 78.8 cm³/mol. The average Bonchev–Trinajstić information content (AvgIpc) is 2.67. The maximum Gasteiger partial charge on any atom is 0.222 e. The minimum Gasteiger partial charge on any atom is -0.341 e. The summed E-state index contributed by atoms with van der Waals surface area (Å²) in [6.45, 7) is 0. The van der Waals surface area contributed by atoms with Gasteiger partial charge in [-0.25, -0.2) is 0 Å². The van der Waals surface area contributed by atoms with Crippen LogP contribution in [0.3, 0.4) is 0 Å². The van der Waals surface area contributed by atoms with Gasteiger partial charge < -0.3 is 10.6 Å². The van der Waals surface area contributed by atoms with Gasteiger partial charge in [-0.05, 0) is 31.6 Å². The van der Waals surface area contributed by atoms with Crippen LogP contribution < -0.4 is 5.73 Å². The predicted octanol–water partition coefficient (Wildman–Crippen LogP) is 3.08. The van der Waals surface area contributed by atoms with E-state index in [0.717, 1.165) is 19.3 Å². The molecule has 0 aromatic carbocycles. The lowest BCUT2D eigenvalue weighted by Crippen LogP contribution is -2.50. The Bertz CT molecular complexity index is 284. The molecule has 2 N–H and O–H groups in total. The number of rotatable bonds is 3. The Morgan fingerprint density at radius 3 is 2.21 bits per heavy atom. The molecule has 0 radical (unpaired) electrons. The fourth-order valence-corrected chi connectivity index (χ4v) is 3.76. The highest BCUT2D eigenvalue weighted by Crippen LogP contribution is 2.27. The molecule has 2 saturated carbocycles. The van der Waals surface area contributed by atoms with Crippen LogP contribution in [0, 0.1) is 5.92 Å². The maximum atomic E-state index is 12.4. The van der Waals surface area contributed by atoms with E-state index in [9.17, 15) is 4.79 Å². The van der Waals surface area contributed by atoms with Crippen LogP contribution in [0.1, 0.15) is 70.6 Å². The van der Waals surface area contributed by atoms with E-state index in [0.29, 0.717) is 11.8 Å². The molecular weight excluding hydrogens is 236 g/mol. The highest BCUT2D eigenvalue weighted by Gasteiger charge is 2.29. The van der Waals surface area contributed by atoms with E-state index in [4.69, 9.17) is 5.73 Å². The van der Waals surface area contributed by atoms with E-state index < -0.39 is 0 Å². The van der Waals surface area contributed by atoms with Crippen molar-refractivity contribution >= 4 is 5.91 Å². The van der Waals surface area contributed by atoms with Crippen molar-refractivity contribution in [1.29, 1.82) is 0 Å². The first-order valence-corrected chi connectivity index (χ1v) is 8.19. The number of carbonyl (C=O) groups excluding carboxylic acids is 1. The maximum absolute atomic E-state index is 12.4. The molecule has 1 amide bonds. The fourth-order valence-electron chi connectivity index (χ4n) is 3.76. The molecule has 0 spiro atoms. The Balaban J connectivity index is 1.83. The van der Waals surface area contributed by atoms with Crippen LogP contribution in [-0.2, 0) is 4.79 Å². The Morgan fingerprint density at radius 1 is 1.00 bits per heavy atom. The molecule has 3 nitrogen and oxygen atoms in total. The summed E-state index contributed by atoms with van der Waals surface area (Å²) in [5.41, 5.74) is 6.18. The first kappa shape index (κ1) is 14.8. The molecule has 0 aromatic rings. The smallest absolute Gasteiger partial charge is 0.222 e. The van der Waals surface area contributed by atoms with E-state index in [1.165, 1.54) is 51.4 Å². The molecule has 2 fully saturated rings. The number of nitrogens with zero attached hydrogens (tertiary/aromatic N) is 1. The monoisotopic (exact) mass is 266 g/mol. The molecule has 0 saturated heterocycles. The molecule has 19 heavy (non-hydrogen) atoms. The zero-order valence-corrected chi connectivity index (χ0v) is 12.4. The second-order valence-corrected chi connectivity index (χ2v) is 6.58. The van der Waals surface area contributed by atoms with Gasteiger partial charge >= 0.3 is 0 Å². The molecule has 0 bridgehead atoms. The number of hydrogen-bond donors (Lipinski definition) is 1. The molecule has 2 aliphatic rings. The van der Waals surface area contributed by atoms with Crippen LogP contribution in [0.2, 0.25) is 0 Å². The minimum absolute atomic E-state index is 0.192. The van der Waals surface area contributed by atoms with Crippen LogP contribution >= 0.6 is 0 Å². The van der Waals surface area contributed by atoms with Crippen molar-refractivity contribution in [2.75, 3.05) is 7.05 Å². The zero-order valence-electron chi connectivity index (χ0n) is 12.4. The molecule has 2 unspecified atom stereocenters. The van der Waals surface area contributed by atoms with Crippen LogP contribution in [0.4, 0.5) is 0 Å². The summed E-state index contributed by atoms with van der Waals surface area (Å²) in [5.74, 6) is 0.950. The van der Waals surface area contributed by atoms with Crippen LogP contribution in [0.5, 0.6) is 0 Å². The molecule has 2 atom stereocenters. The number of likely N-dealkylation sites (N-methyl/N-ethyl adjacent to an activating group) is 1. The molecule has 2 aliphatic carbocycles. The lowest BCUT2D eigenvalue weighted by Gasteiger charge is -2.36. The van der Waals surface area contributed by atoms with Gasteiger partial charge in [0.25, 0.3) is 0 Å². The van der Waals surface area contributed by atoms with Crippen molar-refractivity contribution in [1.82, 2.24) is 4.90 Å². The van der Waals surface area contributed by atoms with Gasteiger partial charge in [-0.2, -0.15) is 0 Å². The van der Waals surface area contributed by atoms with Crippen LogP contribution in [0.15, 0.2) is 0 Å². The second kappa shape index (κ2) is 7.28. The topological polar surface area (TPSA) is 46.3 Å². The van der Waals surface area contributed by atoms with Crippen LogP contribution in [-0.4, -0.2) is 29.9 Å². The summed E-state index contributed by atoms with van der Waals surface area (Å²) in [6, 6.07) is 0.476. The summed E-state index contributed by atoms with van der Waals surface area (Å²) in [7, 11) is 1.97. The minimum atomic E-state index is 0.192. The van der Waals surface area contributed by atoms with Crippen LogP contribution in [0.25, 0.3) is 0 Å². The molecule has 3 heteroatoms. The Labute approximate surface area is 117 Å². The van der Waals surface area contributed by atoms with Crippen molar-refractivity contribution in [2.24, 2.45) is 11.7 Å². The number of nitrogens with two attached hydrogens (primary N) is 1. The van der Waals surface area contributed by atoms with Crippen molar-refractivity contribution in [3.05, 3.63) is 0 Å². The summed E-state index contributed by atoms with van der Waals surface area (Å²) in [5, 5.41) is 0. The van der Waals surface area contributed by atoms with E-state index >= 15 is 0 Å². The summed E-state index contributed by atoms with van der Waals surface area (Å²) < 4.78 is 0. The van der Waals surface area contributed by atoms with Gasteiger partial charge in [0.1, 0.15) is 0 Å². The third kappa shape index (κ3) is 4.20. The van der Waals surface area contributed by atoms with Crippen molar-refractivity contribution < 1.29 is 4.79 Å².